The average molecular weight is 1610 g/mol. The van der Waals surface area contributed by atoms with Gasteiger partial charge in [-0.1, -0.05) is 323 Å². The van der Waals surface area contributed by atoms with Crippen LogP contribution in [-0.2, 0) is 6.42 Å². The van der Waals surface area contributed by atoms with E-state index in [2.05, 4.69) is 438 Å². The van der Waals surface area contributed by atoms with Crippen LogP contribution < -0.4 is 9.80 Å². The number of fused-ring (bicyclic) bond motifs is 10. The molecule has 0 amide bonds. The van der Waals surface area contributed by atoms with E-state index in [-0.39, 0.29) is 67.5 Å². The van der Waals surface area contributed by atoms with Crippen LogP contribution >= 0.6 is 0 Å². The fourth-order valence-electron chi connectivity index (χ4n) is 16.7. The molecule has 14 heteroatoms. The Morgan fingerprint density at radius 1 is 0.246 bits per heavy atom. The SMILES string of the molecule is C1=C(c2c3ccccc3c(-c3ccc4ccccc4c3)c3ccccc23)CCc2ccccc21.[C-]#[N+]c1nc2c(nc1C#N)c1nc(C#N)c(C#N)nc1c1nc(C#N)c([N+]#[C-])nc12.c1ccc(-c2ccc(N(c3ccc(-c4ccccc4)cc3)c3ccc(-c4ccc(N(c5ccc(-c6ccccc6)cc5)c5ccc(-c6ccccc6)cc5)cc4)cc3)cc2)cc1. The second-order valence-electron chi connectivity index (χ2n) is 30.2. The van der Waals surface area contributed by atoms with Crippen LogP contribution in [0.2, 0.25) is 0 Å². The molecule has 21 rings (SSSR count). The van der Waals surface area contributed by atoms with E-state index in [0.29, 0.717) is 0 Å². The number of hydrogen-bond donors (Lipinski definition) is 0. The van der Waals surface area contributed by atoms with Crippen LogP contribution in [0.4, 0.5) is 45.8 Å². The fourth-order valence-corrected chi connectivity index (χ4v) is 16.7. The minimum absolute atomic E-state index is 0.00714. The van der Waals surface area contributed by atoms with Gasteiger partial charge in [-0.25, -0.2) is 19.9 Å². The first-order valence-electron chi connectivity index (χ1n) is 41.0. The van der Waals surface area contributed by atoms with Gasteiger partial charge in [0.15, 0.2) is 22.8 Å². The molecule has 0 aliphatic heterocycles. The predicted molar refractivity (Wildman–Crippen MR) is 507 cm³/mol. The van der Waals surface area contributed by atoms with Gasteiger partial charge >= 0.3 is 11.6 Å². The summed E-state index contributed by atoms with van der Waals surface area (Å²) in [6, 6.07) is 145. The van der Waals surface area contributed by atoms with E-state index >= 15 is 0 Å². The van der Waals surface area contributed by atoms with E-state index in [0.717, 1.165) is 58.1 Å². The summed E-state index contributed by atoms with van der Waals surface area (Å²) in [5.41, 5.74) is 25.6. The molecule has 3 aromatic heterocycles. The molecule has 20 aromatic rings. The van der Waals surface area contributed by atoms with E-state index < -0.39 is 0 Å². The molecule has 126 heavy (non-hydrogen) atoms. The highest BCUT2D eigenvalue weighted by molar-refractivity contribution is 6.21. The molecule has 1 aliphatic rings. The summed E-state index contributed by atoms with van der Waals surface area (Å²) >= 11 is 0. The maximum absolute atomic E-state index is 9.30. The van der Waals surface area contributed by atoms with Crippen molar-refractivity contribution in [3.05, 3.63) is 444 Å². The van der Waals surface area contributed by atoms with Gasteiger partial charge in [0.2, 0.25) is 11.0 Å². The van der Waals surface area contributed by atoms with Crippen LogP contribution in [0.5, 0.6) is 0 Å². The number of rotatable bonds is 13. The predicted octanol–water partition coefficient (Wildman–Crippen LogP) is 28.4. The monoisotopic (exact) mass is 1610 g/mol. The average Bonchev–Trinajstić information content (AvgIpc) is 0.732. The Labute approximate surface area is 727 Å². The molecular formula is C112H68N14. The van der Waals surface area contributed by atoms with Crippen molar-refractivity contribution in [2.24, 2.45) is 0 Å². The molecule has 0 atom stereocenters. The van der Waals surface area contributed by atoms with Crippen molar-refractivity contribution in [3.63, 3.8) is 0 Å². The maximum atomic E-state index is 9.30. The van der Waals surface area contributed by atoms with Gasteiger partial charge in [0.1, 0.15) is 46.3 Å². The van der Waals surface area contributed by atoms with Crippen molar-refractivity contribution in [2.45, 2.75) is 12.8 Å². The van der Waals surface area contributed by atoms with Crippen molar-refractivity contribution >= 4 is 123 Å². The third kappa shape index (κ3) is 15.3. The summed E-state index contributed by atoms with van der Waals surface area (Å²) in [5, 5.41) is 45.1. The second kappa shape index (κ2) is 34.6. The van der Waals surface area contributed by atoms with E-state index in [4.69, 9.17) is 13.1 Å². The zero-order valence-corrected chi connectivity index (χ0v) is 67.6. The van der Waals surface area contributed by atoms with Crippen molar-refractivity contribution < 1.29 is 0 Å². The van der Waals surface area contributed by atoms with Crippen LogP contribution in [0.1, 0.15) is 45.9 Å². The molecule has 0 unspecified atom stereocenters. The normalized spacial score (nSPS) is 11.3. The van der Waals surface area contributed by atoms with Gasteiger partial charge in [0.25, 0.3) is 0 Å². The van der Waals surface area contributed by atoms with Gasteiger partial charge in [-0.15, -0.1) is 9.97 Å². The minimum atomic E-state index is -0.303. The summed E-state index contributed by atoms with van der Waals surface area (Å²) in [5.74, 6) is -0.605. The first kappa shape index (κ1) is 77.7. The minimum Gasteiger partial charge on any atom is -0.358 e. The van der Waals surface area contributed by atoms with Crippen LogP contribution in [-0.4, -0.2) is 29.9 Å². The quantitative estimate of drug-likeness (QED) is 0.0604. The molecular weight excluding hydrogens is 1540 g/mol. The zero-order chi connectivity index (χ0) is 85.4. The highest BCUT2D eigenvalue weighted by Gasteiger charge is 2.28. The van der Waals surface area contributed by atoms with Gasteiger partial charge in [0.05, 0.1) is 0 Å². The lowest BCUT2D eigenvalue weighted by Crippen LogP contribution is -2.10. The highest BCUT2D eigenvalue weighted by atomic mass is 15.1. The summed E-state index contributed by atoms with van der Waals surface area (Å²) < 4.78 is 0. The number of aromatic nitrogens is 6. The number of aryl methyl sites for hydroxylation is 1. The standard InChI is InChI=1S/C60H44N2.C34H24.C18N12/c1-5-13-45(14-6-1)49-21-33-55(34-22-49)61(56-35-23-50(24-36-56)46-15-7-2-8-16-46)59-41-29-53(30-42-59)54-31-43-60(44-32-54)62(57-37-25-51(26-38-57)47-17-9-3-10-18-47)58-39-27-52(28-40-58)48-19-11-4-12-20-48;1-3-11-25-21-27(19-17-23(25)9-1)33-29-13-5-7-15-31(29)34(32-16-8-6-14-30(32)33)28-20-18-24-10-2-4-12-26(24)22-28;1-23-17-9(5-21)27-13-11-12(26-8(4-20)7(3-19)25-11)14-16(15(13)29-17)30-18(24-2)10(6-22)28-14/h1-44H;1-17,19,21-22H,18,20H2;. The lowest BCUT2D eigenvalue weighted by Gasteiger charge is -2.27. The van der Waals surface area contributed by atoms with Crippen LogP contribution in [0.25, 0.3) is 154 Å². The van der Waals surface area contributed by atoms with Gasteiger partial charge in [0, 0.05) is 34.1 Å². The molecule has 3 heterocycles. The van der Waals surface area contributed by atoms with Crippen molar-refractivity contribution in [1.29, 1.82) is 21.0 Å². The summed E-state index contributed by atoms with van der Waals surface area (Å²) in [6.45, 7) is 14.5. The smallest absolute Gasteiger partial charge is 0.307 e. The molecule has 0 fully saturated rings. The number of benzene rings is 17. The molecule has 586 valence electrons. The zero-order valence-electron chi connectivity index (χ0n) is 67.6. The molecule has 0 spiro atoms. The van der Waals surface area contributed by atoms with Crippen LogP contribution in [0, 0.1) is 58.5 Å². The highest BCUT2D eigenvalue weighted by Crippen LogP contribution is 2.47. The molecule has 17 aromatic carbocycles. The Kier molecular flexibility index (Phi) is 21.4. The van der Waals surface area contributed by atoms with Crippen LogP contribution in [0.3, 0.4) is 0 Å². The largest absolute Gasteiger partial charge is 0.358 e. The van der Waals surface area contributed by atoms with Crippen molar-refractivity contribution in [1.82, 2.24) is 29.9 Å². The molecule has 0 saturated carbocycles. The lowest BCUT2D eigenvalue weighted by atomic mass is 9.81. The first-order valence-corrected chi connectivity index (χ1v) is 41.0. The lowest BCUT2D eigenvalue weighted by molar-refractivity contribution is 1.00. The summed E-state index contributed by atoms with van der Waals surface area (Å²) in [6.07, 6.45) is 4.58. The molecule has 14 nitrogen and oxygen atoms in total. The maximum Gasteiger partial charge on any atom is 0.307 e. The molecule has 0 bridgehead atoms. The summed E-state index contributed by atoms with van der Waals surface area (Å²) in [7, 11) is 0. The number of nitrogens with zero attached hydrogens (tertiary/aromatic N) is 14. The third-order valence-corrected chi connectivity index (χ3v) is 22.8. The van der Waals surface area contributed by atoms with E-state index in [1.807, 2.05) is 0 Å². The van der Waals surface area contributed by atoms with E-state index in [9.17, 15) is 21.0 Å². The Balaban J connectivity index is 0.000000136. The molecule has 0 saturated heterocycles. The van der Waals surface area contributed by atoms with Gasteiger partial charge in [-0.05, 0) is 213 Å². The number of nitriles is 4. The first-order chi connectivity index (χ1) is 62.2. The van der Waals surface area contributed by atoms with Crippen LogP contribution in [0.15, 0.2) is 382 Å². The molecule has 1 aliphatic carbocycles. The van der Waals surface area contributed by atoms with E-state index in [1.165, 1.54) is 110 Å². The Morgan fingerprint density at radius 2 is 0.516 bits per heavy atom. The molecule has 0 N–H and O–H groups in total. The number of allylic oxidation sites excluding steroid dienone is 1. The Hall–Kier alpha value is -18.2. The topological polar surface area (TPSA) is 188 Å². The van der Waals surface area contributed by atoms with E-state index in [1.54, 1.807) is 24.3 Å². The number of anilines is 6. The fraction of sp³-hybridized carbons (Fsp3) is 0.0179. The second-order valence-corrected chi connectivity index (χ2v) is 30.2. The van der Waals surface area contributed by atoms with Crippen molar-refractivity contribution in [2.75, 3.05) is 9.80 Å². The Bertz CT molecular complexity index is 7110. The Morgan fingerprint density at radius 3 is 0.849 bits per heavy atom. The van der Waals surface area contributed by atoms with Gasteiger partial charge < -0.3 is 19.5 Å². The van der Waals surface area contributed by atoms with Crippen molar-refractivity contribution in [3.8, 4) is 91.0 Å². The number of hydrogen-bond acceptors (Lipinski definition) is 12. The van der Waals surface area contributed by atoms with Gasteiger partial charge in [-0.2, -0.15) is 21.0 Å². The summed E-state index contributed by atoms with van der Waals surface area (Å²) in [4.78, 5) is 35.8. The third-order valence-electron chi connectivity index (χ3n) is 22.8. The van der Waals surface area contributed by atoms with Gasteiger partial charge in [-0.3, -0.25) is 0 Å². The molecule has 0 radical (unpaired) electrons.